The first-order valence-corrected chi connectivity index (χ1v) is 7.57. The number of hydrogen-bond acceptors (Lipinski definition) is 3. The zero-order valence-electron chi connectivity index (χ0n) is 12.0. The Kier molecular flexibility index (Phi) is 3.97. The lowest BCUT2D eigenvalue weighted by Gasteiger charge is -2.27. The minimum Gasteiger partial charge on any atom is -0.339 e. The van der Waals surface area contributed by atoms with Gasteiger partial charge in [-0.3, -0.25) is 9.36 Å². The first-order chi connectivity index (χ1) is 10.1. The molecule has 1 aliphatic heterocycles. The van der Waals surface area contributed by atoms with Crippen molar-refractivity contribution >= 4 is 17.5 Å². The fourth-order valence-electron chi connectivity index (χ4n) is 2.95. The maximum Gasteiger partial charge on any atom is 0.256 e. The third-order valence-electron chi connectivity index (χ3n) is 4.03. The first kappa shape index (κ1) is 14.1. The molecule has 0 bridgehead atoms. The molecule has 2 aromatic rings. The van der Waals surface area contributed by atoms with Gasteiger partial charge in [-0.2, -0.15) is 0 Å². The topological polar surface area (TPSA) is 38.1 Å². The molecule has 1 aliphatic rings. The van der Waals surface area contributed by atoms with Crippen LogP contribution in [0, 0.1) is 0 Å². The molecule has 4 nitrogen and oxygen atoms in total. The zero-order valence-corrected chi connectivity index (χ0v) is 12.8. The molecule has 1 aromatic heterocycles. The SMILES string of the molecule is Cn1c(N2CCCC2Cc2ccccc2)nc(Cl)cc1=O. The average Bonchev–Trinajstić information content (AvgIpc) is 2.92. The maximum absolute atomic E-state index is 11.9. The standard InChI is InChI=1S/C16H18ClN3O/c1-19-15(21)11-14(17)18-16(19)20-9-5-8-13(20)10-12-6-3-2-4-7-12/h2-4,6-7,11,13H,5,8-10H2,1H3. The molecule has 0 aliphatic carbocycles. The molecule has 21 heavy (non-hydrogen) atoms. The van der Waals surface area contributed by atoms with Crippen LogP contribution in [0.15, 0.2) is 41.2 Å². The molecule has 0 N–H and O–H groups in total. The Hall–Kier alpha value is -1.81. The van der Waals surface area contributed by atoms with E-state index in [1.54, 1.807) is 11.6 Å². The summed E-state index contributed by atoms with van der Waals surface area (Å²) in [5, 5.41) is 0.262. The van der Waals surface area contributed by atoms with E-state index in [9.17, 15) is 4.79 Å². The molecule has 1 saturated heterocycles. The van der Waals surface area contributed by atoms with Crippen molar-refractivity contribution in [3.05, 3.63) is 57.5 Å². The molecule has 0 radical (unpaired) electrons. The van der Waals surface area contributed by atoms with Crippen LogP contribution in [0.1, 0.15) is 18.4 Å². The molecule has 1 aromatic carbocycles. The highest BCUT2D eigenvalue weighted by Crippen LogP contribution is 2.26. The Bertz CT molecular complexity index is 684. The minimum atomic E-state index is -0.115. The van der Waals surface area contributed by atoms with Gasteiger partial charge >= 0.3 is 0 Å². The van der Waals surface area contributed by atoms with E-state index in [1.807, 2.05) is 6.07 Å². The average molecular weight is 304 g/mol. The lowest BCUT2D eigenvalue weighted by molar-refractivity contribution is 0.631. The Morgan fingerprint density at radius 1 is 1.33 bits per heavy atom. The molecule has 1 atom stereocenters. The second-order valence-electron chi connectivity index (χ2n) is 5.46. The van der Waals surface area contributed by atoms with Crippen LogP contribution in [0.4, 0.5) is 5.95 Å². The summed E-state index contributed by atoms with van der Waals surface area (Å²) in [6, 6.07) is 12.1. The molecule has 1 unspecified atom stereocenters. The Morgan fingerprint density at radius 2 is 2.10 bits per heavy atom. The van der Waals surface area contributed by atoms with Crippen LogP contribution in [0.5, 0.6) is 0 Å². The number of anilines is 1. The van der Waals surface area contributed by atoms with Gasteiger partial charge in [-0.25, -0.2) is 4.98 Å². The molecule has 0 spiro atoms. The smallest absolute Gasteiger partial charge is 0.256 e. The summed E-state index contributed by atoms with van der Waals surface area (Å²) in [7, 11) is 1.75. The minimum absolute atomic E-state index is 0.115. The monoisotopic (exact) mass is 303 g/mol. The van der Waals surface area contributed by atoms with E-state index in [0.29, 0.717) is 12.0 Å². The van der Waals surface area contributed by atoms with Crippen molar-refractivity contribution in [3.8, 4) is 0 Å². The summed E-state index contributed by atoms with van der Waals surface area (Å²) in [5.41, 5.74) is 1.19. The Labute approximate surface area is 129 Å². The number of benzene rings is 1. The maximum atomic E-state index is 11.9. The fourth-order valence-corrected chi connectivity index (χ4v) is 3.12. The van der Waals surface area contributed by atoms with Crippen LogP contribution in [0.2, 0.25) is 5.15 Å². The van der Waals surface area contributed by atoms with Crippen LogP contribution in [-0.4, -0.2) is 22.1 Å². The van der Waals surface area contributed by atoms with Crippen molar-refractivity contribution in [2.75, 3.05) is 11.4 Å². The predicted octanol–water partition coefficient (Wildman–Crippen LogP) is 2.65. The van der Waals surface area contributed by atoms with Gasteiger partial charge in [0.2, 0.25) is 5.95 Å². The number of hydrogen-bond donors (Lipinski definition) is 0. The normalized spacial score (nSPS) is 18.2. The van der Waals surface area contributed by atoms with E-state index in [1.165, 1.54) is 11.6 Å². The van der Waals surface area contributed by atoms with Crippen molar-refractivity contribution in [1.82, 2.24) is 9.55 Å². The first-order valence-electron chi connectivity index (χ1n) is 7.19. The molecule has 2 heterocycles. The van der Waals surface area contributed by atoms with Crippen LogP contribution in [0.25, 0.3) is 0 Å². The molecular formula is C16H18ClN3O. The van der Waals surface area contributed by atoms with Crippen molar-refractivity contribution in [2.24, 2.45) is 7.05 Å². The second kappa shape index (κ2) is 5.90. The van der Waals surface area contributed by atoms with Gasteiger partial charge in [-0.15, -0.1) is 0 Å². The number of aromatic nitrogens is 2. The zero-order chi connectivity index (χ0) is 14.8. The quantitative estimate of drug-likeness (QED) is 0.818. The molecule has 0 saturated carbocycles. The van der Waals surface area contributed by atoms with Gasteiger partial charge in [0, 0.05) is 25.7 Å². The van der Waals surface area contributed by atoms with Gasteiger partial charge in [-0.1, -0.05) is 41.9 Å². The van der Waals surface area contributed by atoms with Crippen molar-refractivity contribution in [1.29, 1.82) is 0 Å². The van der Waals surface area contributed by atoms with Crippen molar-refractivity contribution < 1.29 is 0 Å². The van der Waals surface area contributed by atoms with E-state index in [4.69, 9.17) is 11.6 Å². The Balaban J connectivity index is 1.89. The number of rotatable bonds is 3. The summed E-state index contributed by atoms with van der Waals surface area (Å²) in [4.78, 5) is 18.5. The van der Waals surface area contributed by atoms with E-state index in [-0.39, 0.29) is 10.7 Å². The van der Waals surface area contributed by atoms with E-state index in [2.05, 4.69) is 34.1 Å². The molecule has 110 valence electrons. The largest absolute Gasteiger partial charge is 0.339 e. The van der Waals surface area contributed by atoms with Crippen molar-refractivity contribution in [2.45, 2.75) is 25.3 Å². The molecule has 3 rings (SSSR count). The van der Waals surface area contributed by atoms with Gasteiger partial charge < -0.3 is 4.90 Å². The molecular weight excluding hydrogens is 286 g/mol. The van der Waals surface area contributed by atoms with Crippen LogP contribution >= 0.6 is 11.6 Å². The molecule has 1 fully saturated rings. The highest BCUT2D eigenvalue weighted by Gasteiger charge is 2.27. The highest BCUT2D eigenvalue weighted by molar-refractivity contribution is 6.29. The number of nitrogens with zero attached hydrogens (tertiary/aromatic N) is 3. The highest BCUT2D eigenvalue weighted by atomic mass is 35.5. The van der Waals surface area contributed by atoms with Crippen LogP contribution < -0.4 is 10.5 Å². The lowest BCUT2D eigenvalue weighted by Crippen LogP contribution is -2.36. The lowest BCUT2D eigenvalue weighted by atomic mass is 10.0. The van der Waals surface area contributed by atoms with E-state index in [0.717, 1.165) is 25.8 Å². The van der Waals surface area contributed by atoms with Gasteiger partial charge in [0.25, 0.3) is 5.56 Å². The van der Waals surface area contributed by atoms with Gasteiger partial charge in [0.15, 0.2) is 0 Å². The van der Waals surface area contributed by atoms with Crippen molar-refractivity contribution in [3.63, 3.8) is 0 Å². The van der Waals surface area contributed by atoms with Crippen LogP contribution in [0.3, 0.4) is 0 Å². The third kappa shape index (κ3) is 2.95. The summed E-state index contributed by atoms with van der Waals surface area (Å²) in [5.74, 6) is 0.672. The summed E-state index contributed by atoms with van der Waals surface area (Å²) in [6.45, 7) is 0.915. The predicted molar refractivity (Wildman–Crippen MR) is 85.0 cm³/mol. The fraction of sp³-hybridized carbons (Fsp3) is 0.375. The summed E-state index contributed by atoms with van der Waals surface area (Å²) < 4.78 is 1.58. The third-order valence-corrected chi connectivity index (χ3v) is 4.22. The second-order valence-corrected chi connectivity index (χ2v) is 5.84. The number of halogens is 1. The molecule has 5 heteroatoms. The Morgan fingerprint density at radius 3 is 2.86 bits per heavy atom. The van der Waals surface area contributed by atoms with Gasteiger partial charge in [-0.05, 0) is 24.8 Å². The van der Waals surface area contributed by atoms with Crippen LogP contribution in [-0.2, 0) is 13.5 Å². The summed E-state index contributed by atoms with van der Waals surface area (Å²) in [6.07, 6.45) is 3.18. The van der Waals surface area contributed by atoms with Gasteiger partial charge in [0.1, 0.15) is 5.15 Å². The van der Waals surface area contributed by atoms with E-state index >= 15 is 0 Å². The molecule has 0 amide bonds. The van der Waals surface area contributed by atoms with Gasteiger partial charge in [0.05, 0.1) is 0 Å². The summed E-state index contributed by atoms with van der Waals surface area (Å²) >= 11 is 5.96. The van der Waals surface area contributed by atoms with E-state index < -0.39 is 0 Å².